The Labute approximate surface area is 90.7 Å². The van der Waals surface area contributed by atoms with Crippen molar-refractivity contribution in [3.8, 4) is 0 Å². The molecule has 0 bridgehead atoms. The summed E-state index contributed by atoms with van der Waals surface area (Å²) in [6.07, 6.45) is 0. The number of aromatic nitrogens is 1. The summed E-state index contributed by atoms with van der Waals surface area (Å²) in [4.78, 5) is 11.5. The molecule has 4 nitrogen and oxygen atoms in total. The van der Waals surface area contributed by atoms with Gasteiger partial charge in [0, 0.05) is 18.4 Å². The Hall–Kier alpha value is -1.29. The summed E-state index contributed by atoms with van der Waals surface area (Å²) < 4.78 is 2.07. The molecule has 0 radical (unpaired) electrons. The van der Waals surface area contributed by atoms with Crippen molar-refractivity contribution in [1.82, 2.24) is 15.2 Å². The van der Waals surface area contributed by atoms with E-state index in [4.69, 9.17) is 0 Å². The predicted molar refractivity (Wildman–Crippen MR) is 60.5 cm³/mol. The fourth-order valence-corrected chi connectivity index (χ4v) is 1.31. The van der Waals surface area contributed by atoms with Gasteiger partial charge in [0.05, 0.1) is 12.6 Å². The highest BCUT2D eigenvalue weighted by atomic mass is 16.2. The van der Waals surface area contributed by atoms with Gasteiger partial charge in [-0.2, -0.15) is 0 Å². The summed E-state index contributed by atoms with van der Waals surface area (Å²) in [6.45, 7) is 4.46. The van der Waals surface area contributed by atoms with E-state index in [9.17, 15) is 4.79 Å². The average Bonchev–Trinajstić information content (AvgIpc) is 2.55. The number of nitrogens with zero attached hydrogens (tertiary/aromatic N) is 1. The topological polar surface area (TPSA) is 46.1 Å². The molecule has 1 rings (SSSR count). The lowest BCUT2D eigenvalue weighted by Crippen LogP contribution is -2.40. The molecule has 84 valence electrons. The van der Waals surface area contributed by atoms with Gasteiger partial charge < -0.3 is 15.2 Å². The normalized spacial score (nSPS) is 12.5. The molecule has 0 saturated heterocycles. The number of hydrogen-bond acceptors (Lipinski definition) is 2. The highest BCUT2D eigenvalue weighted by Crippen LogP contribution is 2.04. The van der Waals surface area contributed by atoms with Crippen molar-refractivity contribution in [3.05, 3.63) is 23.5 Å². The Morgan fingerprint density at radius 3 is 2.67 bits per heavy atom. The van der Waals surface area contributed by atoms with Gasteiger partial charge in [0.15, 0.2) is 0 Å². The number of nitrogens with one attached hydrogen (secondary N) is 2. The Morgan fingerprint density at radius 1 is 1.53 bits per heavy atom. The Bertz CT molecular complexity index is 344. The number of carbonyl (C=O) groups excluding carboxylic acids is 1. The molecule has 1 heterocycles. The number of aryl methyl sites for hydroxylation is 1. The summed E-state index contributed by atoms with van der Waals surface area (Å²) >= 11 is 0. The SMILES string of the molecule is CNC(C)C(=O)NCc1ccc(C)n1C. The minimum Gasteiger partial charge on any atom is -0.350 e. The molecule has 4 heteroatoms. The number of carbonyl (C=O) groups is 1. The van der Waals surface area contributed by atoms with Gasteiger partial charge in [0.2, 0.25) is 5.91 Å². The molecular formula is C11H19N3O. The van der Waals surface area contributed by atoms with E-state index in [1.165, 1.54) is 5.69 Å². The van der Waals surface area contributed by atoms with Crippen molar-refractivity contribution < 1.29 is 4.79 Å². The Balaban J connectivity index is 2.51. The van der Waals surface area contributed by atoms with Crippen LogP contribution in [-0.4, -0.2) is 23.6 Å². The van der Waals surface area contributed by atoms with Crippen LogP contribution in [0, 0.1) is 6.92 Å². The highest BCUT2D eigenvalue weighted by Gasteiger charge is 2.10. The second-order valence-corrected chi connectivity index (χ2v) is 3.75. The minimum atomic E-state index is -0.147. The maximum Gasteiger partial charge on any atom is 0.237 e. The van der Waals surface area contributed by atoms with Gasteiger partial charge in [-0.3, -0.25) is 4.79 Å². The van der Waals surface area contributed by atoms with Crippen LogP contribution < -0.4 is 10.6 Å². The largest absolute Gasteiger partial charge is 0.350 e. The molecule has 1 atom stereocenters. The third-order valence-corrected chi connectivity index (χ3v) is 2.75. The third kappa shape index (κ3) is 2.83. The van der Waals surface area contributed by atoms with Crippen LogP contribution in [0.2, 0.25) is 0 Å². The molecule has 0 fully saturated rings. The van der Waals surface area contributed by atoms with Crippen LogP contribution in [0.5, 0.6) is 0 Å². The highest BCUT2D eigenvalue weighted by molar-refractivity contribution is 5.81. The standard InChI is InChI=1S/C11H19N3O/c1-8-5-6-10(14(8)4)7-13-11(15)9(2)12-3/h5-6,9,12H,7H2,1-4H3,(H,13,15). The van der Waals surface area contributed by atoms with Crippen LogP contribution in [0.15, 0.2) is 12.1 Å². The summed E-state index contributed by atoms with van der Waals surface area (Å²) in [7, 11) is 3.77. The molecule has 0 aliphatic heterocycles. The van der Waals surface area contributed by atoms with E-state index in [2.05, 4.69) is 15.2 Å². The molecule has 0 spiro atoms. The fourth-order valence-electron chi connectivity index (χ4n) is 1.31. The predicted octanol–water partition coefficient (Wildman–Crippen LogP) is 0.558. The molecule has 1 amide bonds. The zero-order valence-corrected chi connectivity index (χ0v) is 9.79. The zero-order chi connectivity index (χ0) is 11.4. The summed E-state index contributed by atoms with van der Waals surface area (Å²) in [5.41, 5.74) is 2.31. The lowest BCUT2D eigenvalue weighted by atomic mass is 10.3. The Kier molecular flexibility index (Phi) is 3.91. The second-order valence-electron chi connectivity index (χ2n) is 3.75. The van der Waals surface area contributed by atoms with Crippen LogP contribution in [0.4, 0.5) is 0 Å². The number of likely N-dealkylation sites (N-methyl/N-ethyl adjacent to an activating group) is 1. The molecule has 0 aliphatic rings. The van der Waals surface area contributed by atoms with Gasteiger partial charge in [0.1, 0.15) is 0 Å². The molecule has 1 aromatic heterocycles. The number of amides is 1. The molecule has 1 aromatic rings. The van der Waals surface area contributed by atoms with Gasteiger partial charge in [0.25, 0.3) is 0 Å². The number of rotatable bonds is 4. The zero-order valence-electron chi connectivity index (χ0n) is 9.79. The lowest BCUT2D eigenvalue weighted by molar-refractivity contribution is -0.122. The van der Waals surface area contributed by atoms with Crippen molar-refractivity contribution >= 4 is 5.91 Å². The summed E-state index contributed by atoms with van der Waals surface area (Å²) in [5, 5.41) is 5.78. The third-order valence-electron chi connectivity index (χ3n) is 2.75. The Morgan fingerprint density at radius 2 is 2.20 bits per heavy atom. The second kappa shape index (κ2) is 4.98. The van der Waals surface area contributed by atoms with Gasteiger partial charge in [-0.1, -0.05) is 0 Å². The molecule has 0 aliphatic carbocycles. The van der Waals surface area contributed by atoms with Crippen molar-refractivity contribution in [2.24, 2.45) is 7.05 Å². The van der Waals surface area contributed by atoms with E-state index >= 15 is 0 Å². The molecule has 0 saturated carbocycles. The summed E-state index contributed by atoms with van der Waals surface area (Å²) in [5.74, 6) is 0.0244. The van der Waals surface area contributed by atoms with Crippen LogP contribution in [-0.2, 0) is 18.4 Å². The van der Waals surface area contributed by atoms with Crippen molar-refractivity contribution in [2.45, 2.75) is 26.4 Å². The van der Waals surface area contributed by atoms with E-state index in [0.29, 0.717) is 6.54 Å². The van der Waals surface area contributed by atoms with E-state index in [1.807, 2.05) is 33.0 Å². The van der Waals surface area contributed by atoms with Gasteiger partial charge in [-0.15, -0.1) is 0 Å². The minimum absolute atomic E-state index is 0.0244. The van der Waals surface area contributed by atoms with Gasteiger partial charge in [-0.25, -0.2) is 0 Å². The molecular weight excluding hydrogens is 190 g/mol. The summed E-state index contributed by atoms with van der Waals surface area (Å²) in [6, 6.07) is 3.93. The maximum absolute atomic E-state index is 11.5. The number of hydrogen-bond donors (Lipinski definition) is 2. The van der Waals surface area contributed by atoms with E-state index in [-0.39, 0.29) is 11.9 Å². The smallest absolute Gasteiger partial charge is 0.237 e. The molecule has 0 aromatic carbocycles. The van der Waals surface area contributed by atoms with Crippen LogP contribution in [0.3, 0.4) is 0 Å². The van der Waals surface area contributed by atoms with Crippen molar-refractivity contribution in [2.75, 3.05) is 7.05 Å². The maximum atomic E-state index is 11.5. The van der Waals surface area contributed by atoms with Crippen LogP contribution in [0.1, 0.15) is 18.3 Å². The first-order valence-corrected chi connectivity index (χ1v) is 5.12. The van der Waals surface area contributed by atoms with Gasteiger partial charge in [-0.05, 0) is 33.0 Å². The molecule has 15 heavy (non-hydrogen) atoms. The molecule has 1 unspecified atom stereocenters. The first-order valence-electron chi connectivity index (χ1n) is 5.12. The monoisotopic (exact) mass is 209 g/mol. The van der Waals surface area contributed by atoms with Crippen molar-refractivity contribution in [1.29, 1.82) is 0 Å². The molecule has 2 N–H and O–H groups in total. The van der Waals surface area contributed by atoms with Gasteiger partial charge >= 0.3 is 0 Å². The first kappa shape index (κ1) is 11.8. The first-order chi connectivity index (χ1) is 7.06. The van der Waals surface area contributed by atoms with E-state index in [0.717, 1.165) is 5.69 Å². The fraction of sp³-hybridized carbons (Fsp3) is 0.545. The lowest BCUT2D eigenvalue weighted by Gasteiger charge is -2.11. The van der Waals surface area contributed by atoms with Crippen molar-refractivity contribution in [3.63, 3.8) is 0 Å². The van der Waals surface area contributed by atoms with E-state index in [1.54, 1.807) is 7.05 Å². The van der Waals surface area contributed by atoms with Crippen LogP contribution in [0.25, 0.3) is 0 Å². The van der Waals surface area contributed by atoms with E-state index < -0.39 is 0 Å². The quantitative estimate of drug-likeness (QED) is 0.761. The average molecular weight is 209 g/mol. The van der Waals surface area contributed by atoms with Crippen LogP contribution >= 0.6 is 0 Å².